The number of rotatable bonds is 4. The predicted octanol–water partition coefficient (Wildman–Crippen LogP) is 4.39. The van der Waals surface area contributed by atoms with Gasteiger partial charge in [-0.3, -0.25) is 9.69 Å². The number of carbonyl (C=O) groups excluding carboxylic acids is 1. The first-order chi connectivity index (χ1) is 13.2. The van der Waals surface area contributed by atoms with Gasteiger partial charge in [0, 0.05) is 22.6 Å². The van der Waals surface area contributed by atoms with E-state index < -0.39 is 0 Å². The molecule has 2 heterocycles. The van der Waals surface area contributed by atoms with Crippen molar-refractivity contribution in [2.75, 3.05) is 31.6 Å². The Labute approximate surface area is 167 Å². The first-order valence-corrected chi connectivity index (χ1v) is 10.2. The summed E-state index contributed by atoms with van der Waals surface area (Å²) in [6.07, 6.45) is 3.11. The summed E-state index contributed by atoms with van der Waals surface area (Å²) in [6, 6.07) is 13.3. The molecular formula is C21H23BrN2O3. The van der Waals surface area contributed by atoms with E-state index in [1.807, 2.05) is 42.5 Å². The van der Waals surface area contributed by atoms with Crippen LogP contribution < -0.4 is 14.8 Å². The van der Waals surface area contributed by atoms with Gasteiger partial charge in [0.2, 0.25) is 5.91 Å². The molecule has 1 saturated heterocycles. The number of fused-ring (bicyclic) bond motifs is 1. The van der Waals surface area contributed by atoms with Gasteiger partial charge in [-0.15, -0.1) is 0 Å². The number of hydrogen-bond acceptors (Lipinski definition) is 4. The third-order valence-corrected chi connectivity index (χ3v) is 5.43. The summed E-state index contributed by atoms with van der Waals surface area (Å²) in [5.41, 5.74) is 1.72. The lowest BCUT2D eigenvalue weighted by Crippen LogP contribution is -2.35. The highest BCUT2D eigenvalue weighted by Gasteiger charge is 2.30. The summed E-state index contributed by atoms with van der Waals surface area (Å²) in [7, 11) is 0. The smallest absolute Gasteiger partial charge is 0.246 e. The average Bonchev–Trinajstić information content (AvgIpc) is 3.07. The fourth-order valence-electron chi connectivity index (χ4n) is 3.66. The molecule has 6 heteroatoms. The van der Waals surface area contributed by atoms with Crippen LogP contribution in [0.2, 0.25) is 0 Å². The van der Waals surface area contributed by atoms with Crippen LogP contribution in [0.1, 0.15) is 30.9 Å². The zero-order valence-electron chi connectivity index (χ0n) is 15.1. The Hall–Kier alpha value is -2.05. The number of likely N-dealkylation sites (tertiary alicyclic amines) is 1. The van der Waals surface area contributed by atoms with Crippen LogP contribution in [0.15, 0.2) is 46.9 Å². The fraction of sp³-hybridized carbons (Fsp3) is 0.381. The van der Waals surface area contributed by atoms with Gasteiger partial charge in [-0.2, -0.15) is 0 Å². The summed E-state index contributed by atoms with van der Waals surface area (Å²) < 4.78 is 12.4. The Morgan fingerprint density at radius 2 is 1.78 bits per heavy atom. The van der Waals surface area contributed by atoms with Gasteiger partial charge in [0.05, 0.1) is 13.2 Å². The number of anilines is 1. The first kappa shape index (κ1) is 18.3. The third-order valence-electron chi connectivity index (χ3n) is 4.93. The van der Waals surface area contributed by atoms with Crippen molar-refractivity contribution in [1.29, 1.82) is 0 Å². The molecule has 27 heavy (non-hydrogen) atoms. The van der Waals surface area contributed by atoms with Crippen LogP contribution in [0, 0.1) is 0 Å². The highest BCUT2D eigenvalue weighted by molar-refractivity contribution is 9.10. The second-order valence-corrected chi connectivity index (χ2v) is 7.82. The molecule has 0 radical (unpaired) electrons. The van der Waals surface area contributed by atoms with Crippen molar-refractivity contribution in [1.82, 2.24) is 4.90 Å². The van der Waals surface area contributed by atoms with Gasteiger partial charge >= 0.3 is 0 Å². The average molecular weight is 431 g/mol. The summed E-state index contributed by atoms with van der Waals surface area (Å²) in [5.74, 6) is 1.39. The Morgan fingerprint density at radius 3 is 2.56 bits per heavy atom. The van der Waals surface area contributed by atoms with Gasteiger partial charge in [-0.1, -0.05) is 28.1 Å². The minimum Gasteiger partial charge on any atom is -0.490 e. The van der Waals surface area contributed by atoms with E-state index in [1.165, 1.54) is 0 Å². The topological polar surface area (TPSA) is 50.8 Å². The van der Waals surface area contributed by atoms with Gasteiger partial charge in [0.25, 0.3) is 0 Å². The molecule has 1 N–H and O–H groups in total. The lowest BCUT2D eigenvalue weighted by atomic mass is 10.0. The monoisotopic (exact) mass is 430 g/mol. The molecule has 2 aliphatic heterocycles. The number of carbonyl (C=O) groups is 1. The number of nitrogens with zero attached hydrogens (tertiary/aromatic N) is 1. The molecular weight excluding hydrogens is 408 g/mol. The van der Waals surface area contributed by atoms with Gasteiger partial charge in [-0.05, 0) is 55.8 Å². The molecule has 1 fully saturated rings. The van der Waals surface area contributed by atoms with E-state index in [1.54, 1.807) is 0 Å². The summed E-state index contributed by atoms with van der Waals surface area (Å²) in [4.78, 5) is 15.5. The zero-order chi connectivity index (χ0) is 18.6. The summed E-state index contributed by atoms with van der Waals surface area (Å²) in [5, 5.41) is 3.08. The quantitative estimate of drug-likeness (QED) is 0.781. The van der Waals surface area contributed by atoms with Crippen LogP contribution in [0.3, 0.4) is 0 Å². The molecule has 2 aromatic rings. The van der Waals surface area contributed by atoms with E-state index in [0.29, 0.717) is 19.0 Å². The first-order valence-electron chi connectivity index (χ1n) is 9.41. The molecule has 5 nitrogen and oxygen atoms in total. The largest absolute Gasteiger partial charge is 0.490 e. The van der Waals surface area contributed by atoms with E-state index >= 15 is 0 Å². The standard InChI is InChI=1S/C21H23BrN2O3/c22-16-6-3-5-15(13-16)20(24-9-1-2-10-24)21(25)23-17-7-8-18-19(14-17)27-12-4-11-26-18/h3,5-8,13-14,20H,1-2,4,9-12H2,(H,23,25)/t20-/m1/s1. The van der Waals surface area contributed by atoms with E-state index in [9.17, 15) is 4.79 Å². The van der Waals surface area contributed by atoms with Gasteiger partial charge < -0.3 is 14.8 Å². The summed E-state index contributed by atoms with van der Waals surface area (Å²) in [6.45, 7) is 3.15. The molecule has 4 rings (SSSR count). The molecule has 0 unspecified atom stereocenters. The second-order valence-electron chi connectivity index (χ2n) is 6.90. The van der Waals surface area contributed by atoms with Crippen molar-refractivity contribution in [3.05, 3.63) is 52.5 Å². The molecule has 142 valence electrons. The lowest BCUT2D eigenvalue weighted by Gasteiger charge is -2.27. The fourth-order valence-corrected chi connectivity index (χ4v) is 4.07. The summed E-state index contributed by atoms with van der Waals surface area (Å²) >= 11 is 3.52. The normalized spacial score (nSPS) is 18.0. The van der Waals surface area contributed by atoms with Crippen LogP contribution in [0.5, 0.6) is 11.5 Å². The molecule has 2 aliphatic rings. The maximum atomic E-state index is 13.2. The Bertz CT molecular complexity index is 821. The van der Waals surface area contributed by atoms with E-state index in [2.05, 4.69) is 26.1 Å². The molecule has 0 spiro atoms. The van der Waals surface area contributed by atoms with Crippen LogP contribution in [0.4, 0.5) is 5.69 Å². The predicted molar refractivity (Wildman–Crippen MR) is 108 cm³/mol. The number of nitrogens with one attached hydrogen (secondary N) is 1. The van der Waals surface area contributed by atoms with Gasteiger partial charge in [-0.25, -0.2) is 0 Å². The number of benzene rings is 2. The van der Waals surface area contributed by atoms with Crippen LogP contribution in [-0.4, -0.2) is 37.1 Å². The third kappa shape index (κ3) is 4.28. The number of amides is 1. The van der Waals surface area contributed by atoms with Crippen molar-refractivity contribution in [3.63, 3.8) is 0 Å². The van der Waals surface area contributed by atoms with E-state index in [0.717, 1.165) is 53.8 Å². The highest BCUT2D eigenvalue weighted by atomic mass is 79.9. The molecule has 0 aromatic heterocycles. The van der Waals surface area contributed by atoms with E-state index in [-0.39, 0.29) is 11.9 Å². The maximum Gasteiger partial charge on any atom is 0.246 e. The highest BCUT2D eigenvalue weighted by Crippen LogP contribution is 2.33. The zero-order valence-corrected chi connectivity index (χ0v) is 16.7. The van der Waals surface area contributed by atoms with Crippen molar-refractivity contribution >= 4 is 27.5 Å². The molecule has 2 aromatic carbocycles. The van der Waals surface area contributed by atoms with Crippen LogP contribution in [0.25, 0.3) is 0 Å². The van der Waals surface area contributed by atoms with Crippen molar-refractivity contribution in [3.8, 4) is 11.5 Å². The Kier molecular flexibility index (Phi) is 5.64. The molecule has 0 aliphatic carbocycles. The number of hydrogen-bond donors (Lipinski definition) is 1. The molecule has 1 atom stereocenters. The molecule has 1 amide bonds. The van der Waals surface area contributed by atoms with Crippen LogP contribution >= 0.6 is 15.9 Å². The van der Waals surface area contributed by atoms with Gasteiger partial charge in [0.1, 0.15) is 6.04 Å². The molecule has 0 saturated carbocycles. The number of ether oxygens (including phenoxy) is 2. The second kappa shape index (κ2) is 8.31. The minimum absolute atomic E-state index is 0.0236. The minimum atomic E-state index is -0.305. The number of halogens is 1. The van der Waals surface area contributed by atoms with Crippen molar-refractivity contribution < 1.29 is 14.3 Å². The van der Waals surface area contributed by atoms with Crippen molar-refractivity contribution in [2.24, 2.45) is 0 Å². The Balaban J connectivity index is 1.57. The Morgan fingerprint density at radius 1 is 1.00 bits per heavy atom. The van der Waals surface area contributed by atoms with Crippen LogP contribution in [-0.2, 0) is 4.79 Å². The maximum absolute atomic E-state index is 13.2. The lowest BCUT2D eigenvalue weighted by molar-refractivity contribution is -0.121. The SMILES string of the molecule is O=C(Nc1ccc2c(c1)OCCCO2)[C@@H](c1cccc(Br)c1)N1CCCC1. The van der Waals surface area contributed by atoms with Gasteiger partial charge in [0.15, 0.2) is 11.5 Å². The molecule has 0 bridgehead atoms. The van der Waals surface area contributed by atoms with E-state index in [4.69, 9.17) is 9.47 Å². The van der Waals surface area contributed by atoms with Crippen molar-refractivity contribution in [2.45, 2.75) is 25.3 Å².